The molecule has 0 saturated heterocycles. The van der Waals surface area contributed by atoms with E-state index in [1.807, 2.05) is 19.1 Å². The topological polar surface area (TPSA) is 87.7 Å². The van der Waals surface area contributed by atoms with Crippen LogP contribution in [0, 0.1) is 6.92 Å². The van der Waals surface area contributed by atoms with Gasteiger partial charge in [0.1, 0.15) is 5.75 Å². The molecule has 26 heavy (non-hydrogen) atoms. The van der Waals surface area contributed by atoms with E-state index in [4.69, 9.17) is 22.1 Å². The van der Waals surface area contributed by atoms with Crippen molar-refractivity contribution in [1.29, 1.82) is 0 Å². The maximum absolute atomic E-state index is 12.0. The van der Waals surface area contributed by atoms with E-state index < -0.39 is 11.9 Å². The Hall–Kier alpha value is -1.97. The molecule has 0 radical (unpaired) electrons. The van der Waals surface area contributed by atoms with Gasteiger partial charge in [-0.25, -0.2) is 4.79 Å². The number of anilines is 1. The first-order valence-electron chi connectivity index (χ1n) is 7.29. The number of carboxylic acids is 1. The molecule has 0 atom stereocenters. The molecule has 136 valence electrons. The molecular weight excluding hydrogens is 488 g/mol. The van der Waals surface area contributed by atoms with Gasteiger partial charge in [0.25, 0.3) is 5.91 Å². The summed E-state index contributed by atoms with van der Waals surface area (Å²) in [5, 5.41) is 14.3. The van der Waals surface area contributed by atoms with Crippen LogP contribution in [0.15, 0.2) is 45.3 Å². The average molecular weight is 502 g/mol. The number of nitrogens with one attached hydrogen (secondary N) is 2. The Kier molecular flexibility index (Phi) is 7.13. The number of hydrogen-bond donors (Lipinski definition) is 3. The summed E-state index contributed by atoms with van der Waals surface area (Å²) in [4.78, 5) is 23.0. The zero-order valence-corrected chi connectivity index (χ0v) is 17.5. The molecule has 0 spiro atoms. The van der Waals surface area contributed by atoms with Gasteiger partial charge in [-0.15, -0.1) is 0 Å². The smallest absolute Gasteiger partial charge is 0.335 e. The fraction of sp³-hybridized carbons (Fsp3) is 0.118. The van der Waals surface area contributed by atoms with Crippen molar-refractivity contribution in [3.05, 3.63) is 56.5 Å². The van der Waals surface area contributed by atoms with Crippen molar-refractivity contribution in [1.82, 2.24) is 5.32 Å². The van der Waals surface area contributed by atoms with Crippen molar-refractivity contribution in [2.75, 3.05) is 11.9 Å². The standard InChI is InChI=1S/C17H14Br2N2O4S/c1-9-5-11(18)7-13(19)15(9)25-8-14(22)21-17(26)20-12-4-2-3-10(6-12)16(23)24/h2-7H,8H2,1H3,(H,23,24)(H2,20,21,22,26). The Labute approximate surface area is 172 Å². The molecule has 0 unspecified atom stereocenters. The number of carbonyl (C=O) groups excluding carboxylic acids is 1. The summed E-state index contributed by atoms with van der Waals surface area (Å²) in [5.41, 5.74) is 1.44. The van der Waals surface area contributed by atoms with Crippen LogP contribution in [0.5, 0.6) is 5.75 Å². The van der Waals surface area contributed by atoms with Crippen LogP contribution in [0.1, 0.15) is 15.9 Å². The number of carboxylic acid groups (broad SMARTS) is 1. The molecule has 0 saturated carbocycles. The zero-order chi connectivity index (χ0) is 19.3. The molecule has 0 aliphatic carbocycles. The molecule has 9 heteroatoms. The molecule has 0 aliphatic heterocycles. The first-order valence-corrected chi connectivity index (χ1v) is 9.28. The van der Waals surface area contributed by atoms with E-state index in [0.29, 0.717) is 11.4 Å². The van der Waals surface area contributed by atoms with Crippen LogP contribution >= 0.6 is 44.1 Å². The fourth-order valence-electron chi connectivity index (χ4n) is 2.06. The number of halogens is 2. The van der Waals surface area contributed by atoms with Gasteiger partial charge in [0, 0.05) is 10.2 Å². The Morgan fingerprint density at radius 2 is 1.96 bits per heavy atom. The van der Waals surface area contributed by atoms with Crippen molar-refractivity contribution < 1.29 is 19.4 Å². The maximum Gasteiger partial charge on any atom is 0.335 e. The van der Waals surface area contributed by atoms with Gasteiger partial charge in [-0.2, -0.15) is 0 Å². The molecular formula is C17H14Br2N2O4S. The minimum absolute atomic E-state index is 0.0488. The Morgan fingerprint density at radius 1 is 1.23 bits per heavy atom. The summed E-state index contributed by atoms with van der Waals surface area (Å²) in [5.74, 6) is -0.921. The predicted octanol–water partition coefficient (Wildman–Crippen LogP) is 4.11. The van der Waals surface area contributed by atoms with E-state index in [9.17, 15) is 9.59 Å². The normalized spacial score (nSPS) is 10.1. The summed E-state index contributed by atoms with van der Waals surface area (Å²) in [6.07, 6.45) is 0. The third kappa shape index (κ3) is 5.79. The highest BCUT2D eigenvalue weighted by Crippen LogP contribution is 2.32. The van der Waals surface area contributed by atoms with Gasteiger partial charge in [-0.3, -0.25) is 10.1 Å². The number of hydrogen-bond acceptors (Lipinski definition) is 4. The molecule has 0 aliphatic rings. The van der Waals surface area contributed by atoms with E-state index in [0.717, 1.165) is 14.5 Å². The van der Waals surface area contributed by atoms with E-state index >= 15 is 0 Å². The highest BCUT2D eigenvalue weighted by molar-refractivity contribution is 9.11. The Balaban J connectivity index is 1.91. The second kappa shape index (κ2) is 9.11. The van der Waals surface area contributed by atoms with Gasteiger partial charge < -0.3 is 15.2 Å². The van der Waals surface area contributed by atoms with Gasteiger partial charge in [-0.05, 0) is 71.0 Å². The highest BCUT2D eigenvalue weighted by atomic mass is 79.9. The lowest BCUT2D eigenvalue weighted by atomic mass is 10.2. The number of aromatic carboxylic acids is 1. The van der Waals surface area contributed by atoms with Gasteiger partial charge in [0.2, 0.25) is 0 Å². The number of thiocarbonyl (C=S) groups is 1. The minimum Gasteiger partial charge on any atom is -0.482 e. The van der Waals surface area contributed by atoms with Gasteiger partial charge in [-0.1, -0.05) is 22.0 Å². The Bertz CT molecular complexity index is 851. The van der Waals surface area contributed by atoms with Crippen LogP contribution in [0.25, 0.3) is 0 Å². The van der Waals surface area contributed by atoms with E-state index in [2.05, 4.69) is 42.5 Å². The number of carbonyl (C=O) groups is 2. The number of benzene rings is 2. The van der Waals surface area contributed by atoms with Gasteiger partial charge in [0.15, 0.2) is 11.7 Å². The summed E-state index contributed by atoms with van der Waals surface area (Å²) in [7, 11) is 0. The monoisotopic (exact) mass is 500 g/mol. The van der Waals surface area contributed by atoms with Gasteiger partial charge >= 0.3 is 5.97 Å². The van der Waals surface area contributed by atoms with Crippen LogP contribution in [0.3, 0.4) is 0 Å². The SMILES string of the molecule is Cc1cc(Br)cc(Br)c1OCC(=O)NC(=S)Nc1cccc(C(=O)O)c1. The lowest BCUT2D eigenvalue weighted by molar-refractivity contribution is -0.121. The third-order valence-corrected chi connectivity index (χ3v) is 4.41. The highest BCUT2D eigenvalue weighted by Gasteiger charge is 2.11. The quantitative estimate of drug-likeness (QED) is 0.534. The largest absolute Gasteiger partial charge is 0.482 e. The average Bonchev–Trinajstić information content (AvgIpc) is 2.53. The Morgan fingerprint density at radius 3 is 2.62 bits per heavy atom. The maximum atomic E-state index is 12.0. The van der Waals surface area contributed by atoms with Crippen molar-refractivity contribution in [2.24, 2.45) is 0 Å². The van der Waals surface area contributed by atoms with Crippen molar-refractivity contribution >= 4 is 66.8 Å². The van der Waals surface area contributed by atoms with Crippen LogP contribution in [0.4, 0.5) is 5.69 Å². The number of amides is 1. The molecule has 0 heterocycles. The predicted molar refractivity (Wildman–Crippen MR) is 110 cm³/mol. The summed E-state index contributed by atoms with van der Waals surface area (Å²) >= 11 is 11.8. The van der Waals surface area contributed by atoms with E-state index in [1.54, 1.807) is 12.1 Å². The molecule has 0 fully saturated rings. The first kappa shape index (κ1) is 20.3. The van der Waals surface area contributed by atoms with E-state index in [-0.39, 0.29) is 17.3 Å². The summed E-state index contributed by atoms with van der Waals surface area (Å²) in [6, 6.07) is 9.79. The number of rotatable bonds is 5. The van der Waals surface area contributed by atoms with E-state index in [1.165, 1.54) is 12.1 Å². The summed E-state index contributed by atoms with van der Waals surface area (Å²) < 4.78 is 7.16. The molecule has 2 aromatic rings. The van der Waals surface area contributed by atoms with Crippen molar-refractivity contribution in [2.45, 2.75) is 6.92 Å². The molecule has 2 rings (SSSR count). The summed E-state index contributed by atoms with van der Waals surface area (Å²) in [6.45, 7) is 1.64. The number of aryl methyl sites for hydroxylation is 1. The second-order valence-electron chi connectivity index (χ2n) is 5.21. The lowest BCUT2D eigenvalue weighted by Crippen LogP contribution is -2.37. The lowest BCUT2D eigenvalue weighted by Gasteiger charge is -2.13. The fourth-order valence-corrected chi connectivity index (χ4v) is 3.85. The zero-order valence-electron chi connectivity index (χ0n) is 13.5. The molecule has 0 bridgehead atoms. The van der Waals surface area contributed by atoms with Crippen LogP contribution in [-0.4, -0.2) is 28.7 Å². The van der Waals surface area contributed by atoms with Crippen LogP contribution < -0.4 is 15.4 Å². The van der Waals surface area contributed by atoms with Crippen molar-refractivity contribution in [3.8, 4) is 5.75 Å². The molecule has 0 aromatic heterocycles. The van der Waals surface area contributed by atoms with Gasteiger partial charge in [0.05, 0.1) is 10.0 Å². The first-order chi connectivity index (χ1) is 12.3. The molecule has 6 nitrogen and oxygen atoms in total. The van der Waals surface area contributed by atoms with Crippen molar-refractivity contribution in [3.63, 3.8) is 0 Å². The molecule has 3 N–H and O–H groups in total. The van der Waals surface area contributed by atoms with Crippen LogP contribution in [-0.2, 0) is 4.79 Å². The number of ether oxygens (including phenoxy) is 1. The second-order valence-corrected chi connectivity index (χ2v) is 7.39. The molecule has 1 amide bonds. The molecule has 2 aromatic carbocycles. The third-order valence-electron chi connectivity index (χ3n) is 3.16. The van der Waals surface area contributed by atoms with Crippen LogP contribution in [0.2, 0.25) is 0 Å². The minimum atomic E-state index is -1.05.